The first-order valence-electron chi connectivity index (χ1n) is 8.02. The molecular weight excluding hydrogens is 336 g/mol. The number of rotatable bonds is 6. The van der Waals surface area contributed by atoms with Gasteiger partial charge in [0.25, 0.3) is 0 Å². The zero-order valence-corrected chi connectivity index (χ0v) is 14.8. The molecule has 0 radical (unpaired) electrons. The summed E-state index contributed by atoms with van der Waals surface area (Å²) in [4.78, 5) is 0. The van der Waals surface area contributed by atoms with Crippen molar-refractivity contribution in [1.82, 2.24) is 10.2 Å². The van der Waals surface area contributed by atoms with Gasteiger partial charge in [0.05, 0.1) is 19.6 Å². The van der Waals surface area contributed by atoms with Crippen LogP contribution in [0.4, 0.5) is 0 Å². The van der Waals surface area contributed by atoms with Crippen LogP contribution in [-0.4, -0.2) is 37.6 Å². The van der Waals surface area contributed by atoms with E-state index in [0.29, 0.717) is 36.2 Å². The van der Waals surface area contributed by atoms with Gasteiger partial charge in [-0.2, -0.15) is 5.26 Å². The molecule has 0 spiro atoms. The highest BCUT2D eigenvalue weighted by atomic mass is 16.5. The molecule has 1 atom stereocenters. The molecule has 26 heavy (non-hydrogen) atoms. The van der Waals surface area contributed by atoms with Crippen LogP contribution in [-0.2, 0) is 4.74 Å². The number of fused-ring (bicyclic) bond motifs is 1. The van der Waals surface area contributed by atoms with E-state index >= 15 is 0 Å². The van der Waals surface area contributed by atoms with E-state index in [1.807, 2.05) is 19.1 Å². The van der Waals surface area contributed by atoms with Gasteiger partial charge in [-0.15, -0.1) is 5.10 Å². The van der Waals surface area contributed by atoms with E-state index in [2.05, 4.69) is 16.3 Å². The Bertz CT molecular complexity index is 882. The molecule has 0 aliphatic carbocycles. The number of methoxy groups -OCH3 is 2. The van der Waals surface area contributed by atoms with Gasteiger partial charge < -0.3 is 24.7 Å². The van der Waals surface area contributed by atoms with Crippen molar-refractivity contribution < 1.29 is 18.9 Å². The zero-order valence-electron chi connectivity index (χ0n) is 14.8. The van der Waals surface area contributed by atoms with Gasteiger partial charge in [0, 0.05) is 18.4 Å². The van der Waals surface area contributed by atoms with Crippen molar-refractivity contribution in [1.29, 1.82) is 5.26 Å². The first kappa shape index (κ1) is 17.6. The topological polar surface area (TPSA) is 115 Å². The lowest BCUT2D eigenvalue weighted by Gasteiger charge is -2.24. The first-order valence-corrected chi connectivity index (χ1v) is 8.02. The Kier molecular flexibility index (Phi) is 5.00. The Hall–Kier alpha value is -3.18. The maximum atomic E-state index is 9.60. The van der Waals surface area contributed by atoms with Gasteiger partial charge in [0.1, 0.15) is 18.2 Å². The van der Waals surface area contributed by atoms with E-state index in [-0.39, 0.29) is 5.88 Å². The fraction of sp³-hybridized carbons (Fsp3) is 0.333. The average molecular weight is 356 g/mol. The molecule has 0 fully saturated rings. The fourth-order valence-electron chi connectivity index (χ4n) is 2.95. The average Bonchev–Trinajstić information content (AvgIpc) is 3.01. The zero-order chi connectivity index (χ0) is 18.7. The van der Waals surface area contributed by atoms with Gasteiger partial charge in [-0.05, 0) is 24.6 Å². The van der Waals surface area contributed by atoms with Gasteiger partial charge >= 0.3 is 0 Å². The highest BCUT2D eigenvalue weighted by Gasteiger charge is 2.34. The number of nitriles is 1. The van der Waals surface area contributed by atoms with Crippen LogP contribution < -0.4 is 19.9 Å². The van der Waals surface area contributed by atoms with Crippen LogP contribution in [0.3, 0.4) is 0 Å². The normalized spacial score (nSPS) is 15.8. The molecule has 2 aromatic rings. The maximum Gasteiger partial charge on any atom is 0.244 e. The third kappa shape index (κ3) is 3.05. The summed E-state index contributed by atoms with van der Waals surface area (Å²) < 4.78 is 21.6. The predicted molar refractivity (Wildman–Crippen MR) is 93.0 cm³/mol. The monoisotopic (exact) mass is 356 g/mol. The Morgan fingerprint density at radius 3 is 2.81 bits per heavy atom. The first-order chi connectivity index (χ1) is 12.6. The number of aromatic amines is 1. The van der Waals surface area contributed by atoms with Crippen LogP contribution in [0.5, 0.6) is 17.4 Å². The third-order valence-corrected chi connectivity index (χ3v) is 4.20. The van der Waals surface area contributed by atoms with E-state index in [9.17, 15) is 5.26 Å². The lowest BCUT2D eigenvalue weighted by atomic mass is 9.84. The minimum absolute atomic E-state index is 0.0517. The lowest BCUT2D eigenvalue weighted by Crippen LogP contribution is -2.21. The lowest BCUT2D eigenvalue weighted by molar-refractivity contribution is 0.144. The molecule has 0 unspecified atom stereocenters. The molecule has 136 valence electrons. The molecule has 1 aromatic carbocycles. The summed E-state index contributed by atoms with van der Waals surface area (Å²) in [6.45, 7) is 2.75. The van der Waals surface area contributed by atoms with Crippen molar-refractivity contribution in [3.8, 4) is 23.4 Å². The molecule has 3 rings (SSSR count). The molecule has 1 aliphatic heterocycles. The van der Waals surface area contributed by atoms with Crippen LogP contribution in [0.25, 0.3) is 0 Å². The summed E-state index contributed by atoms with van der Waals surface area (Å²) in [6.07, 6.45) is 0. The number of hydrogen-bond acceptors (Lipinski definition) is 7. The van der Waals surface area contributed by atoms with Gasteiger partial charge in [0.2, 0.25) is 11.8 Å². The summed E-state index contributed by atoms with van der Waals surface area (Å²) >= 11 is 0. The second kappa shape index (κ2) is 7.37. The quantitative estimate of drug-likeness (QED) is 0.760. The smallest absolute Gasteiger partial charge is 0.244 e. The number of aryl methyl sites for hydroxylation is 1. The Morgan fingerprint density at radius 1 is 1.31 bits per heavy atom. The number of hydrogen-bond donors (Lipinski definition) is 2. The highest BCUT2D eigenvalue weighted by molar-refractivity contribution is 5.57. The summed E-state index contributed by atoms with van der Waals surface area (Å²) in [5, 5.41) is 16.6. The SMILES string of the molecule is COCCOc1ccc([C@H]2C(C#N)=C(N)Oc3n[nH]c(C)c32)cc1OC. The molecule has 3 N–H and O–H groups in total. The number of nitrogens with two attached hydrogens (primary N) is 1. The molecular formula is C18H20N4O4. The Labute approximate surface area is 151 Å². The molecule has 0 amide bonds. The molecule has 0 saturated heterocycles. The number of nitrogens with one attached hydrogen (secondary N) is 1. The van der Waals surface area contributed by atoms with E-state index in [1.54, 1.807) is 20.3 Å². The van der Waals surface area contributed by atoms with Crippen LogP contribution in [0, 0.1) is 18.3 Å². The largest absolute Gasteiger partial charge is 0.493 e. The van der Waals surface area contributed by atoms with Gasteiger partial charge in [0.15, 0.2) is 11.5 Å². The number of ether oxygens (including phenoxy) is 4. The number of benzene rings is 1. The molecule has 0 bridgehead atoms. The van der Waals surface area contributed by atoms with Crippen molar-refractivity contribution in [2.24, 2.45) is 5.73 Å². The van der Waals surface area contributed by atoms with Crippen LogP contribution in [0.15, 0.2) is 29.7 Å². The van der Waals surface area contributed by atoms with Gasteiger partial charge in [-0.1, -0.05) is 6.07 Å². The van der Waals surface area contributed by atoms with Crippen molar-refractivity contribution in [2.45, 2.75) is 12.8 Å². The molecule has 1 aromatic heterocycles. The Balaban J connectivity index is 2.04. The van der Waals surface area contributed by atoms with E-state index in [0.717, 1.165) is 16.8 Å². The summed E-state index contributed by atoms with van der Waals surface area (Å²) in [6, 6.07) is 7.67. The van der Waals surface area contributed by atoms with Crippen molar-refractivity contribution >= 4 is 0 Å². The van der Waals surface area contributed by atoms with E-state index in [1.165, 1.54) is 0 Å². The van der Waals surface area contributed by atoms with E-state index < -0.39 is 5.92 Å². The van der Waals surface area contributed by atoms with Crippen molar-refractivity contribution in [2.75, 3.05) is 27.4 Å². The van der Waals surface area contributed by atoms with Gasteiger partial charge in [-0.3, -0.25) is 5.10 Å². The summed E-state index contributed by atoms with van der Waals surface area (Å²) in [5.74, 6) is 1.19. The standard InChI is InChI=1S/C18H20N4O4/c1-10-15-16(12(9-19)17(20)26-18(15)22-21-10)11-4-5-13(14(8-11)24-3)25-7-6-23-2/h4-5,8,16H,6-7,20H2,1-3H3,(H,21,22)/t16-/m0/s1. The fourth-order valence-corrected chi connectivity index (χ4v) is 2.95. The van der Waals surface area contributed by atoms with Gasteiger partial charge in [-0.25, -0.2) is 0 Å². The number of aromatic nitrogens is 2. The molecule has 1 aliphatic rings. The second-order valence-corrected chi connectivity index (χ2v) is 5.74. The molecule has 8 nitrogen and oxygen atoms in total. The molecule has 8 heteroatoms. The summed E-state index contributed by atoms with van der Waals surface area (Å²) in [5.41, 5.74) is 8.69. The van der Waals surface area contributed by atoms with Crippen LogP contribution >= 0.6 is 0 Å². The number of H-pyrrole nitrogens is 1. The highest BCUT2D eigenvalue weighted by Crippen LogP contribution is 2.44. The number of nitrogens with zero attached hydrogens (tertiary/aromatic N) is 2. The molecule has 0 saturated carbocycles. The maximum absolute atomic E-state index is 9.60. The number of allylic oxidation sites excluding steroid dienone is 1. The predicted octanol–water partition coefficient (Wildman–Crippen LogP) is 1.97. The minimum atomic E-state index is -0.399. The second-order valence-electron chi connectivity index (χ2n) is 5.74. The van der Waals surface area contributed by atoms with Crippen molar-refractivity contribution in [3.63, 3.8) is 0 Å². The van der Waals surface area contributed by atoms with Crippen LogP contribution in [0.1, 0.15) is 22.7 Å². The Morgan fingerprint density at radius 2 is 2.12 bits per heavy atom. The van der Waals surface area contributed by atoms with E-state index in [4.69, 9.17) is 24.7 Å². The summed E-state index contributed by atoms with van der Waals surface area (Å²) in [7, 11) is 3.18. The van der Waals surface area contributed by atoms with Crippen LogP contribution in [0.2, 0.25) is 0 Å². The minimum Gasteiger partial charge on any atom is -0.493 e. The van der Waals surface area contributed by atoms with Crippen molar-refractivity contribution in [3.05, 3.63) is 46.5 Å². The molecule has 2 heterocycles. The third-order valence-electron chi connectivity index (χ3n) is 4.20.